The van der Waals surface area contributed by atoms with Gasteiger partial charge in [0.1, 0.15) is 5.82 Å². The van der Waals surface area contributed by atoms with Crippen LogP contribution in [0.3, 0.4) is 0 Å². The summed E-state index contributed by atoms with van der Waals surface area (Å²) < 4.78 is 13.1. The minimum Gasteiger partial charge on any atom is -0.493 e. The van der Waals surface area contributed by atoms with E-state index in [9.17, 15) is 0 Å². The van der Waals surface area contributed by atoms with Gasteiger partial charge in [-0.15, -0.1) is 0 Å². The van der Waals surface area contributed by atoms with E-state index in [0.717, 1.165) is 47.2 Å². The Kier molecular flexibility index (Phi) is 5.53. The van der Waals surface area contributed by atoms with Crippen molar-refractivity contribution in [3.8, 4) is 22.6 Å². The van der Waals surface area contributed by atoms with E-state index >= 15 is 0 Å². The van der Waals surface area contributed by atoms with Gasteiger partial charge in [0.25, 0.3) is 0 Å². The number of anilines is 1. The molecule has 4 rings (SSSR count). The number of ether oxygens (including phenoxy) is 2. The van der Waals surface area contributed by atoms with E-state index in [2.05, 4.69) is 72.8 Å². The predicted octanol–water partition coefficient (Wildman–Crippen LogP) is 5.40. The van der Waals surface area contributed by atoms with E-state index < -0.39 is 0 Å². The molecule has 30 heavy (non-hydrogen) atoms. The van der Waals surface area contributed by atoms with Crippen LogP contribution in [0.4, 0.5) is 5.82 Å². The van der Waals surface area contributed by atoms with E-state index in [1.165, 1.54) is 11.3 Å². The molecular weight excluding hydrogens is 374 g/mol. The van der Waals surface area contributed by atoms with Crippen molar-refractivity contribution in [3.63, 3.8) is 0 Å². The lowest BCUT2D eigenvalue weighted by atomic mass is 9.99. The Morgan fingerprint density at radius 3 is 2.43 bits per heavy atom. The maximum Gasteiger partial charge on any atom is 0.161 e. The predicted molar refractivity (Wildman–Crippen MR) is 121 cm³/mol. The lowest BCUT2D eigenvalue weighted by Crippen LogP contribution is -2.31. The Bertz CT molecular complexity index is 1070. The van der Waals surface area contributed by atoms with Crippen LogP contribution < -0.4 is 14.4 Å². The van der Waals surface area contributed by atoms with Crippen LogP contribution in [-0.4, -0.2) is 30.5 Å². The van der Waals surface area contributed by atoms with Crippen LogP contribution in [0.1, 0.15) is 31.0 Å². The van der Waals surface area contributed by atoms with Crippen molar-refractivity contribution >= 4 is 5.82 Å². The molecule has 156 valence electrons. The third-order valence-corrected chi connectivity index (χ3v) is 5.84. The zero-order valence-electron chi connectivity index (χ0n) is 18.3. The van der Waals surface area contributed by atoms with E-state index in [4.69, 9.17) is 14.6 Å². The summed E-state index contributed by atoms with van der Waals surface area (Å²) >= 11 is 0. The van der Waals surface area contributed by atoms with Crippen molar-refractivity contribution in [1.29, 1.82) is 0 Å². The molecule has 3 aromatic rings. The number of benzene rings is 2. The van der Waals surface area contributed by atoms with Crippen LogP contribution in [0.2, 0.25) is 0 Å². The monoisotopic (exact) mass is 403 g/mol. The highest BCUT2D eigenvalue weighted by Crippen LogP contribution is 2.41. The summed E-state index contributed by atoms with van der Waals surface area (Å²) in [6.45, 7) is 8.21. The fourth-order valence-corrected chi connectivity index (χ4v) is 4.19. The number of rotatable bonds is 6. The van der Waals surface area contributed by atoms with Gasteiger partial charge in [0.2, 0.25) is 0 Å². The average Bonchev–Trinajstić information content (AvgIpc) is 3.11. The largest absolute Gasteiger partial charge is 0.493 e. The molecule has 1 aliphatic heterocycles. The molecule has 0 aliphatic carbocycles. The minimum absolute atomic E-state index is 0.384. The Morgan fingerprint density at radius 2 is 1.73 bits per heavy atom. The van der Waals surface area contributed by atoms with Crippen molar-refractivity contribution < 1.29 is 9.47 Å². The third kappa shape index (κ3) is 3.56. The number of allylic oxidation sites excluding steroid dienone is 2. The minimum atomic E-state index is 0.384. The van der Waals surface area contributed by atoms with Gasteiger partial charge < -0.3 is 14.4 Å². The second-order valence-electron chi connectivity index (χ2n) is 7.80. The van der Waals surface area contributed by atoms with Gasteiger partial charge in [-0.3, -0.25) is 0 Å². The van der Waals surface area contributed by atoms with E-state index in [-0.39, 0.29) is 0 Å². The van der Waals surface area contributed by atoms with Crippen LogP contribution in [0, 0.1) is 6.92 Å². The van der Waals surface area contributed by atoms with Gasteiger partial charge in [-0.1, -0.05) is 43.3 Å². The molecular formula is C25H29N3O2. The summed E-state index contributed by atoms with van der Waals surface area (Å²) in [5.41, 5.74) is 5.83. The Hall–Kier alpha value is -3.21. The quantitative estimate of drug-likeness (QED) is 0.552. The third-order valence-electron chi connectivity index (χ3n) is 5.84. The lowest BCUT2D eigenvalue weighted by Gasteiger charge is -2.33. The highest BCUT2D eigenvalue weighted by Gasteiger charge is 2.27. The normalized spacial score (nSPS) is 14.2. The molecule has 5 nitrogen and oxygen atoms in total. The molecule has 0 saturated carbocycles. The summed E-state index contributed by atoms with van der Waals surface area (Å²) in [4.78, 5) is 2.40. The van der Waals surface area contributed by atoms with E-state index in [1.54, 1.807) is 14.2 Å². The molecule has 0 bridgehead atoms. The second kappa shape index (κ2) is 8.27. The fourth-order valence-electron chi connectivity index (χ4n) is 4.19. The molecule has 5 heteroatoms. The van der Waals surface area contributed by atoms with Crippen molar-refractivity contribution in [1.82, 2.24) is 9.78 Å². The van der Waals surface area contributed by atoms with Crippen molar-refractivity contribution in [2.24, 2.45) is 0 Å². The Morgan fingerprint density at radius 1 is 1.00 bits per heavy atom. The summed E-state index contributed by atoms with van der Waals surface area (Å²) in [7, 11) is 3.33. The first-order valence-electron chi connectivity index (χ1n) is 10.3. The smallest absolute Gasteiger partial charge is 0.161 e. The zero-order valence-corrected chi connectivity index (χ0v) is 18.3. The Labute approximate surface area is 178 Å². The van der Waals surface area contributed by atoms with Crippen LogP contribution in [0.5, 0.6) is 11.5 Å². The van der Waals surface area contributed by atoms with Gasteiger partial charge in [0.05, 0.1) is 26.5 Å². The maximum atomic E-state index is 5.55. The number of methoxy groups -OCH3 is 2. The molecule has 1 atom stereocenters. The van der Waals surface area contributed by atoms with Crippen molar-refractivity contribution in [3.05, 3.63) is 71.6 Å². The van der Waals surface area contributed by atoms with Gasteiger partial charge in [-0.05, 0) is 49.1 Å². The van der Waals surface area contributed by atoms with Crippen LogP contribution in [-0.2, 0) is 6.54 Å². The number of hydrogen-bond acceptors (Lipinski definition) is 4. The fraction of sp³-hybridized carbons (Fsp3) is 0.320. The van der Waals surface area contributed by atoms with Crippen LogP contribution >= 0.6 is 0 Å². The number of hydrogen-bond donors (Lipinski definition) is 0. The molecule has 1 aromatic heterocycles. The molecule has 1 aliphatic rings. The van der Waals surface area contributed by atoms with Crippen molar-refractivity contribution in [2.75, 3.05) is 25.7 Å². The number of fused-ring (bicyclic) bond motifs is 1. The summed E-state index contributed by atoms with van der Waals surface area (Å²) in [5, 5.41) is 4.85. The first kappa shape index (κ1) is 20.1. The second-order valence-corrected chi connectivity index (χ2v) is 7.80. The molecule has 1 unspecified atom stereocenters. The SMILES string of the molecule is COc1ccc(-c2c(C)nn3c2N(CC(C)c2ccccc2)C(C)=CC3)cc1OC. The summed E-state index contributed by atoms with van der Waals surface area (Å²) in [6.07, 6.45) is 2.25. The highest BCUT2D eigenvalue weighted by molar-refractivity contribution is 5.81. The van der Waals surface area contributed by atoms with Gasteiger partial charge >= 0.3 is 0 Å². The van der Waals surface area contributed by atoms with Crippen LogP contribution in [0.15, 0.2) is 60.3 Å². The topological polar surface area (TPSA) is 39.5 Å². The molecule has 0 radical (unpaired) electrons. The summed E-state index contributed by atoms with van der Waals surface area (Å²) in [6, 6.07) is 16.8. The van der Waals surface area contributed by atoms with Crippen LogP contribution in [0.25, 0.3) is 11.1 Å². The molecule has 0 spiro atoms. The van der Waals surface area contributed by atoms with Gasteiger partial charge in [-0.2, -0.15) is 5.10 Å². The standard InChI is InChI=1S/C25H29N3O2/c1-17(20-9-7-6-8-10-20)16-27-18(2)13-14-28-25(27)24(19(3)26-28)21-11-12-22(29-4)23(15-21)30-5/h6-13,15,17H,14,16H2,1-5H3. The van der Waals surface area contributed by atoms with Gasteiger partial charge in [0.15, 0.2) is 11.5 Å². The lowest BCUT2D eigenvalue weighted by molar-refractivity contribution is 0.355. The molecule has 0 saturated heterocycles. The average molecular weight is 404 g/mol. The molecule has 2 aromatic carbocycles. The molecule has 2 heterocycles. The maximum absolute atomic E-state index is 5.55. The number of aromatic nitrogens is 2. The molecule has 0 fully saturated rings. The Balaban J connectivity index is 1.77. The van der Waals surface area contributed by atoms with Gasteiger partial charge in [-0.25, -0.2) is 4.68 Å². The van der Waals surface area contributed by atoms with E-state index in [0.29, 0.717) is 5.92 Å². The zero-order chi connectivity index (χ0) is 21.3. The molecule has 0 amide bonds. The van der Waals surface area contributed by atoms with E-state index in [1.807, 2.05) is 12.1 Å². The van der Waals surface area contributed by atoms with Gasteiger partial charge in [0, 0.05) is 17.8 Å². The summed E-state index contributed by atoms with van der Waals surface area (Å²) in [5.74, 6) is 2.98. The first-order chi connectivity index (χ1) is 14.5. The highest BCUT2D eigenvalue weighted by atomic mass is 16.5. The number of nitrogens with zero attached hydrogens (tertiary/aromatic N) is 3. The number of aryl methyl sites for hydroxylation is 1. The first-order valence-corrected chi connectivity index (χ1v) is 10.3. The van der Waals surface area contributed by atoms with Crippen molar-refractivity contribution in [2.45, 2.75) is 33.2 Å². The molecule has 0 N–H and O–H groups in total.